The Morgan fingerprint density at radius 2 is 2.17 bits per heavy atom. The fourth-order valence-corrected chi connectivity index (χ4v) is 3.21. The third-order valence-electron chi connectivity index (χ3n) is 3.11. The van der Waals surface area contributed by atoms with Crippen LogP contribution in [0.15, 0.2) is 51.4 Å². The number of nitrogens with one attached hydrogen (secondary N) is 1. The number of aromatic nitrogens is 2. The summed E-state index contributed by atoms with van der Waals surface area (Å²) >= 11 is 2.81. The van der Waals surface area contributed by atoms with E-state index in [1.807, 2.05) is 41.8 Å². The van der Waals surface area contributed by atoms with Crippen molar-refractivity contribution in [1.82, 2.24) is 15.5 Å². The van der Waals surface area contributed by atoms with E-state index in [0.29, 0.717) is 23.4 Å². The van der Waals surface area contributed by atoms with Crippen LogP contribution in [0.25, 0.3) is 11.5 Å². The zero-order valence-corrected chi connectivity index (χ0v) is 14.5. The summed E-state index contributed by atoms with van der Waals surface area (Å²) in [5, 5.41) is 13.2. The van der Waals surface area contributed by atoms with E-state index < -0.39 is 0 Å². The van der Waals surface area contributed by atoms with Gasteiger partial charge in [-0.05, 0) is 23.6 Å². The molecule has 24 heavy (non-hydrogen) atoms. The number of hydrogen-bond acceptors (Lipinski definition) is 7. The molecule has 0 saturated carbocycles. The lowest BCUT2D eigenvalue weighted by Gasteiger charge is -2.03. The average Bonchev–Trinajstić information content (AvgIpc) is 3.29. The number of carbonyl (C=O) groups is 1. The number of carbonyl (C=O) groups excluding carboxylic acids is 1. The maximum Gasteiger partial charge on any atom is 0.277 e. The molecule has 0 aliphatic rings. The number of para-hydroxylation sites is 1. The molecule has 0 bridgehead atoms. The normalized spacial score (nSPS) is 10.5. The molecule has 2 aromatic heterocycles. The summed E-state index contributed by atoms with van der Waals surface area (Å²) in [6.07, 6.45) is 0. The van der Waals surface area contributed by atoms with Gasteiger partial charge in [0.2, 0.25) is 5.91 Å². The van der Waals surface area contributed by atoms with Gasteiger partial charge in [0, 0.05) is 4.88 Å². The SMILES string of the molecule is COc1ccccc1-c1nnc(SCC(=O)NCc2cccs2)o1. The molecule has 0 fully saturated rings. The minimum absolute atomic E-state index is 0.0783. The van der Waals surface area contributed by atoms with Gasteiger partial charge in [-0.25, -0.2) is 0 Å². The first-order valence-electron chi connectivity index (χ1n) is 7.15. The minimum Gasteiger partial charge on any atom is -0.496 e. The first kappa shape index (κ1) is 16.5. The van der Waals surface area contributed by atoms with Crippen LogP contribution in [0, 0.1) is 0 Å². The summed E-state index contributed by atoms with van der Waals surface area (Å²) in [5.74, 6) is 1.17. The van der Waals surface area contributed by atoms with Crippen LogP contribution in [0.1, 0.15) is 4.88 Å². The van der Waals surface area contributed by atoms with E-state index in [-0.39, 0.29) is 11.7 Å². The van der Waals surface area contributed by atoms with Crippen LogP contribution in [0.5, 0.6) is 5.75 Å². The summed E-state index contributed by atoms with van der Waals surface area (Å²) in [6.45, 7) is 0.535. The van der Waals surface area contributed by atoms with Gasteiger partial charge in [-0.15, -0.1) is 21.5 Å². The van der Waals surface area contributed by atoms with Crippen molar-refractivity contribution in [1.29, 1.82) is 0 Å². The Bertz CT molecular complexity index is 803. The van der Waals surface area contributed by atoms with Crippen molar-refractivity contribution in [2.45, 2.75) is 11.8 Å². The average molecular weight is 361 g/mol. The molecule has 0 saturated heterocycles. The standard InChI is InChI=1S/C16H15N3O3S2/c1-21-13-7-3-2-6-12(13)15-18-19-16(22-15)24-10-14(20)17-9-11-5-4-8-23-11/h2-8H,9-10H2,1H3,(H,17,20). The molecule has 3 aromatic rings. The Morgan fingerprint density at radius 3 is 2.96 bits per heavy atom. The van der Waals surface area contributed by atoms with Gasteiger partial charge in [-0.2, -0.15) is 0 Å². The third kappa shape index (κ3) is 4.15. The number of nitrogens with zero attached hydrogens (tertiary/aromatic N) is 2. The Labute approximate surface area is 147 Å². The first-order chi connectivity index (χ1) is 11.8. The highest BCUT2D eigenvalue weighted by Crippen LogP contribution is 2.30. The minimum atomic E-state index is -0.0783. The highest BCUT2D eigenvalue weighted by molar-refractivity contribution is 7.99. The number of ether oxygens (including phenoxy) is 1. The van der Waals surface area contributed by atoms with Crippen LogP contribution in [-0.2, 0) is 11.3 Å². The molecule has 0 spiro atoms. The van der Waals surface area contributed by atoms with Gasteiger partial charge in [-0.1, -0.05) is 30.0 Å². The van der Waals surface area contributed by atoms with Crippen LogP contribution in [0.3, 0.4) is 0 Å². The summed E-state index contributed by atoms with van der Waals surface area (Å²) in [6, 6.07) is 11.3. The zero-order valence-electron chi connectivity index (χ0n) is 12.9. The smallest absolute Gasteiger partial charge is 0.277 e. The second kappa shape index (κ2) is 7.98. The molecule has 1 N–H and O–H groups in total. The molecule has 1 aromatic carbocycles. The molecule has 0 atom stereocenters. The van der Waals surface area contributed by atoms with Crippen LogP contribution < -0.4 is 10.1 Å². The van der Waals surface area contributed by atoms with Crippen LogP contribution in [-0.4, -0.2) is 29.0 Å². The molecule has 1 amide bonds. The summed E-state index contributed by atoms with van der Waals surface area (Å²) < 4.78 is 10.9. The molecule has 3 rings (SSSR count). The maximum atomic E-state index is 11.9. The van der Waals surface area contributed by atoms with Crippen molar-refractivity contribution in [3.8, 4) is 17.2 Å². The number of hydrogen-bond donors (Lipinski definition) is 1. The number of rotatable bonds is 7. The molecule has 0 unspecified atom stereocenters. The molecule has 0 aliphatic carbocycles. The van der Waals surface area contributed by atoms with Crippen LogP contribution in [0.4, 0.5) is 0 Å². The summed E-state index contributed by atoms with van der Waals surface area (Å²) in [4.78, 5) is 13.0. The molecule has 124 valence electrons. The van der Waals surface area contributed by atoms with E-state index in [1.165, 1.54) is 11.8 Å². The second-order valence-electron chi connectivity index (χ2n) is 4.72. The van der Waals surface area contributed by atoms with Crippen molar-refractivity contribution in [2.24, 2.45) is 0 Å². The van der Waals surface area contributed by atoms with E-state index in [9.17, 15) is 4.79 Å². The van der Waals surface area contributed by atoms with Crippen LogP contribution in [0.2, 0.25) is 0 Å². The van der Waals surface area contributed by atoms with Gasteiger partial charge in [0.15, 0.2) is 0 Å². The first-order valence-corrected chi connectivity index (χ1v) is 9.01. The van der Waals surface area contributed by atoms with E-state index in [4.69, 9.17) is 9.15 Å². The van der Waals surface area contributed by atoms with E-state index in [1.54, 1.807) is 18.4 Å². The van der Waals surface area contributed by atoms with Gasteiger partial charge in [0.05, 0.1) is 25.0 Å². The van der Waals surface area contributed by atoms with Crippen molar-refractivity contribution >= 4 is 29.0 Å². The maximum absolute atomic E-state index is 11.9. The molecular formula is C16H15N3O3S2. The van der Waals surface area contributed by atoms with Crippen molar-refractivity contribution in [3.05, 3.63) is 46.7 Å². The van der Waals surface area contributed by atoms with Gasteiger partial charge in [0.1, 0.15) is 5.75 Å². The molecule has 0 radical (unpaired) electrons. The monoisotopic (exact) mass is 361 g/mol. The van der Waals surface area contributed by atoms with Gasteiger partial charge >= 0.3 is 0 Å². The molecule has 6 nitrogen and oxygen atoms in total. The van der Waals surface area contributed by atoms with E-state index in [2.05, 4.69) is 15.5 Å². The number of methoxy groups -OCH3 is 1. The fourth-order valence-electron chi connectivity index (χ4n) is 1.98. The van der Waals surface area contributed by atoms with Crippen molar-refractivity contribution in [2.75, 3.05) is 12.9 Å². The van der Waals surface area contributed by atoms with E-state index >= 15 is 0 Å². The largest absolute Gasteiger partial charge is 0.496 e. The zero-order chi connectivity index (χ0) is 16.8. The molecule has 8 heteroatoms. The van der Waals surface area contributed by atoms with E-state index in [0.717, 1.165) is 10.4 Å². The van der Waals surface area contributed by atoms with Crippen LogP contribution >= 0.6 is 23.1 Å². The lowest BCUT2D eigenvalue weighted by atomic mass is 10.2. The lowest BCUT2D eigenvalue weighted by Crippen LogP contribution is -2.24. The molecule has 0 aliphatic heterocycles. The summed E-state index contributed by atoms with van der Waals surface area (Å²) in [5.41, 5.74) is 0.724. The predicted octanol–water partition coefficient (Wildman–Crippen LogP) is 3.22. The second-order valence-corrected chi connectivity index (χ2v) is 6.68. The Morgan fingerprint density at radius 1 is 1.29 bits per heavy atom. The highest BCUT2D eigenvalue weighted by Gasteiger charge is 2.14. The summed E-state index contributed by atoms with van der Waals surface area (Å²) in [7, 11) is 1.59. The number of thiophene rings is 1. The van der Waals surface area contributed by atoms with Gasteiger partial charge in [-0.3, -0.25) is 4.79 Å². The predicted molar refractivity (Wildman–Crippen MR) is 93.2 cm³/mol. The fraction of sp³-hybridized carbons (Fsp3) is 0.188. The van der Waals surface area contributed by atoms with Gasteiger partial charge in [0.25, 0.3) is 11.1 Å². The number of thioether (sulfide) groups is 1. The molecule has 2 heterocycles. The number of benzene rings is 1. The topological polar surface area (TPSA) is 77.2 Å². The number of amides is 1. The van der Waals surface area contributed by atoms with Gasteiger partial charge < -0.3 is 14.5 Å². The third-order valence-corrected chi connectivity index (χ3v) is 4.81. The quantitative estimate of drug-likeness (QED) is 0.651. The Balaban J connectivity index is 1.55. The highest BCUT2D eigenvalue weighted by atomic mass is 32.2. The Hall–Kier alpha value is -2.32. The van der Waals surface area contributed by atoms with Crippen molar-refractivity contribution < 1.29 is 13.9 Å². The lowest BCUT2D eigenvalue weighted by molar-refractivity contribution is -0.118. The van der Waals surface area contributed by atoms with Crippen molar-refractivity contribution in [3.63, 3.8) is 0 Å². The Kier molecular flexibility index (Phi) is 5.50. The molecular weight excluding hydrogens is 346 g/mol.